The molecule has 0 spiro atoms. The molecule has 7 aromatic rings. The molecular formula is C64H57N3. The van der Waals surface area contributed by atoms with Gasteiger partial charge >= 0.3 is 0 Å². The van der Waals surface area contributed by atoms with E-state index in [1.54, 1.807) is 0 Å². The van der Waals surface area contributed by atoms with Crippen LogP contribution in [0.3, 0.4) is 0 Å². The zero-order valence-corrected chi connectivity index (χ0v) is 38.9. The summed E-state index contributed by atoms with van der Waals surface area (Å²) in [5, 5.41) is 0. The van der Waals surface area contributed by atoms with Crippen LogP contribution < -0.4 is 0 Å². The summed E-state index contributed by atoms with van der Waals surface area (Å²) in [5.41, 5.74) is 18.3. The Morgan fingerprint density at radius 3 is 1.76 bits per heavy atom. The molecule has 0 N–H and O–H groups in total. The second kappa shape index (κ2) is 20.6. The minimum Gasteiger partial charge on any atom is -0.248 e. The van der Waals surface area contributed by atoms with Gasteiger partial charge in [-0.2, -0.15) is 0 Å². The van der Waals surface area contributed by atoms with Gasteiger partial charge in [0.1, 0.15) is 0 Å². The largest absolute Gasteiger partial charge is 0.248 e. The molecule has 0 atom stereocenters. The van der Waals surface area contributed by atoms with Crippen LogP contribution in [0.2, 0.25) is 0 Å². The van der Waals surface area contributed by atoms with Gasteiger partial charge in [-0.05, 0) is 112 Å². The maximum absolute atomic E-state index is 5.26. The fraction of sp³-hybridized carbons (Fsp3) is 0.141. The summed E-state index contributed by atoms with van der Waals surface area (Å²) in [6, 6.07) is 59.9. The lowest BCUT2D eigenvalue weighted by atomic mass is 9.69. The van der Waals surface area contributed by atoms with E-state index in [0.717, 1.165) is 94.1 Å². The van der Waals surface area contributed by atoms with E-state index in [1.165, 1.54) is 39.0 Å². The molecule has 9 rings (SSSR count). The Kier molecular flexibility index (Phi) is 13.7. The average molecular weight is 868 g/mol. The molecule has 0 radical (unpaired) electrons. The minimum atomic E-state index is -0.196. The summed E-state index contributed by atoms with van der Waals surface area (Å²) in [7, 11) is 0. The summed E-state index contributed by atoms with van der Waals surface area (Å²) in [6.45, 7) is 11.2. The van der Waals surface area contributed by atoms with Crippen molar-refractivity contribution >= 4 is 28.1 Å². The molecule has 1 aromatic heterocycles. The Morgan fingerprint density at radius 2 is 1.15 bits per heavy atom. The van der Waals surface area contributed by atoms with E-state index in [2.05, 4.69) is 240 Å². The van der Waals surface area contributed by atoms with Crippen LogP contribution in [-0.4, -0.2) is 15.7 Å². The van der Waals surface area contributed by atoms with Crippen LogP contribution in [0.1, 0.15) is 86.5 Å². The van der Waals surface area contributed by atoms with Crippen LogP contribution >= 0.6 is 0 Å². The molecule has 0 unspecified atom stereocenters. The van der Waals surface area contributed by atoms with Gasteiger partial charge in [-0.3, -0.25) is 0 Å². The Bertz CT molecular complexity index is 3070. The quantitative estimate of drug-likeness (QED) is 0.102. The van der Waals surface area contributed by atoms with Gasteiger partial charge in [0.25, 0.3) is 0 Å². The van der Waals surface area contributed by atoms with Gasteiger partial charge in [0.15, 0.2) is 5.82 Å². The molecule has 3 heteroatoms. The van der Waals surface area contributed by atoms with Gasteiger partial charge in [-0.25, -0.2) is 15.0 Å². The van der Waals surface area contributed by atoms with E-state index in [1.807, 2.05) is 6.07 Å². The van der Waals surface area contributed by atoms with Crippen molar-refractivity contribution in [3.05, 3.63) is 264 Å². The summed E-state index contributed by atoms with van der Waals surface area (Å²) in [6.07, 6.45) is 23.0. The van der Waals surface area contributed by atoms with Gasteiger partial charge in [-0.1, -0.05) is 227 Å². The third kappa shape index (κ3) is 10.1. The molecule has 3 nitrogen and oxygen atoms in total. The third-order valence-corrected chi connectivity index (χ3v) is 13.4. The summed E-state index contributed by atoms with van der Waals surface area (Å²) < 4.78 is 0. The Hall–Kier alpha value is -7.75. The molecule has 0 bridgehead atoms. The second-order valence-corrected chi connectivity index (χ2v) is 17.4. The Labute approximate surface area is 397 Å². The van der Waals surface area contributed by atoms with Gasteiger partial charge in [-0.15, -0.1) is 0 Å². The van der Waals surface area contributed by atoms with E-state index in [-0.39, 0.29) is 5.41 Å². The van der Waals surface area contributed by atoms with Crippen molar-refractivity contribution in [2.24, 2.45) is 4.99 Å². The number of aromatic nitrogens is 2. The SMILES string of the molecule is C=C(/N=C(\C=C(/C)c1ccccc1)c1ccc(C(CC)(CC)C2=CC=C(c3cc(C4=CCCC=C4)nc(-c4ccc(-c5ccccc5)cc4)n3)CC=C2)cc1)c1ccc(-c2ccccc2)cc1. The fourth-order valence-electron chi connectivity index (χ4n) is 9.33. The molecule has 6 aromatic carbocycles. The number of allylic oxidation sites excluding steroid dienone is 12. The van der Waals surface area contributed by atoms with E-state index in [0.29, 0.717) is 0 Å². The van der Waals surface area contributed by atoms with Gasteiger partial charge in [0.2, 0.25) is 0 Å². The summed E-state index contributed by atoms with van der Waals surface area (Å²) in [4.78, 5) is 15.6. The molecule has 2 aliphatic rings. The van der Waals surface area contributed by atoms with E-state index in [9.17, 15) is 0 Å². The molecule has 0 aliphatic heterocycles. The Balaban J connectivity index is 1.04. The van der Waals surface area contributed by atoms with E-state index < -0.39 is 0 Å². The lowest BCUT2D eigenvalue weighted by Gasteiger charge is -2.34. The lowest BCUT2D eigenvalue weighted by Crippen LogP contribution is -2.26. The average Bonchev–Trinajstić information content (AvgIpc) is 3.67. The first kappa shape index (κ1) is 44.5. The van der Waals surface area contributed by atoms with Crippen molar-refractivity contribution in [3.8, 4) is 33.6 Å². The fourth-order valence-corrected chi connectivity index (χ4v) is 9.33. The maximum Gasteiger partial charge on any atom is 0.160 e. The van der Waals surface area contributed by atoms with Gasteiger partial charge in [0, 0.05) is 16.5 Å². The molecule has 67 heavy (non-hydrogen) atoms. The number of nitrogens with zero attached hydrogens (tertiary/aromatic N) is 3. The molecule has 328 valence electrons. The molecular weight excluding hydrogens is 811 g/mol. The van der Waals surface area contributed by atoms with Crippen LogP contribution in [0, 0.1) is 0 Å². The Morgan fingerprint density at radius 1 is 0.582 bits per heavy atom. The lowest BCUT2D eigenvalue weighted by molar-refractivity contribution is 0.477. The van der Waals surface area contributed by atoms with Crippen molar-refractivity contribution < 1.29 is 0 Å². The smallest absolute Gasteiger partial charge is 0.160 e. The first-order valence-corrected chi connectivity index (χ1v) is 23.7. The zero-order valence-electron chi connectivity index (χ0n) is 38.9. The van der Waals surface area contributed by atoms with Crippen molar-refractivity contribution in [2.75, 3.05) is 0 Å². The van der Waals surface area contributed by atoms with Crippen molar-refractivity contribution in [1.82, 2.24) is 9.97 Å². The number of hydrogen-bond acceptors (Lipinski definition) is 3. The zero-order chi connectivity index (χ0) is 46.0. The number of hydrogen-bond donors (Lipinski definition) is 0. The molecule has 0 saturated heterocycles. The highest BCUT2D eigenvalue weighted by Crippen LogP contribution is 2.42. The standard InChI is InChI=1S/C64H57N3/c1-5-64(6-2,59-42-39-56(40-43-59)60(44-46(3)48-20-11-7-12-21-48)65-47(4)49-30-32-52(33-31-49)50-22-13-8-14-23-50)58-29-19-28-55(38-41-58)62-45-61(54-26-17-10-18-27-54)66-63(67-62)57-36-34-53(35-37-57)51-24-15-9-16-25-51/h7-9,11-17,19-27,29-45H,4-6,10,18,28H2,1-3H3/b46-44+,65-60+. The topological polar surface area (TPSA) is 38.1 Å². The first-order chi connectivity index (χ1) is 32.9. The molecule has 0 amide bonds. The number of aliphatic imine (C=N–C) groups is 1. The van der Waals surface area contributed by atoms with Crippen LogP contribution in [0.25, 0.3) is 56.1 Å². The molecule has 0 saturated carbocycles. The van der Waals surface area contributed by atoms with E-state index in [4.69, 9.17) is 15.0 Å². The van der Waals surface area contributed by atoms with Crippen LogP contribution in [0.5, 0.6) is 0 Å². The predicted molar refractivity (Wildman–Crippen MR) is 285 cm³/mol. The van der Waals surface area contributed by atoms with Gasteiger partial charge in [0.05, 0.1) is 22.8 Å². The highest BCUT2D eigenvalue weighted by Gasteiger charge is 2.32. The molecule has 0 fully saturated rings. The normalized spacial score (nSPS) is 14.2. The van der Waals surface area contributed by atoms with Crippen molar-refractivity contribution in [1.29, 1.82) is 0 Å². The highest BCUT2D eigenvalue weighted by molar-refractivity contribution is 6.14. The molecule has 2 aliphatic carbocycles. The second-order valence-electron chi connectivity index (χ2n) is 17.4. The summed E-state index contributed by atoms with van der Waals surface area (Å²) in [5.74, 6) is 0.739. The summed E-state index contributed by atoms with van der Waals surface area (Å²) >= 11 is 0. The predicted octanol–water partition coefficient (Wildman–Crippen LogP) is 16.8. The van der Waals surface area contributed by atoms with Crippen LogP contribution in [0.4, 0.5) is 0 Å². The van der Waals surface area contributed by atoms with Crippen LogP contribution in [-0.2, 0) is 5.41 Å². The highest BCUT2D eigenvalue weighted by atomic mass is 14.9. The third-order valence-electron chi connectivity index (χ3n) is 13.4. The van der Waals surface area contributed by atoms with E-state index >= 15 is 0 Å². The number of rotatable bonds is 14. The van der Waals surface area contributed by atoms with Crippen LogP contribution in [0.15, 0.2) is 236 Å². The van der Waals surface area contributed by atoms with Crippen molar-refractivity contribution in [3.63, 3.8) is 0 Å². The maximum atomic E-state index is 5.26. The van der Waals surface area contributed by atoms with Gasteiger partial charge < -0.3 is 0 Å². The number of benzene rings is 6. The first-order valence-electron chi connectivity index (χ1n) is 23.7. The molecule has 1 heterocycles. The minimum absolute atomic E-state index is 0.196. The van der Waals surface area contributed by atoms with Crippen molar-refractivity contribution in [2.45, 2.75) is 58.3 Å². The monoisotopic (exact) mass is 867 g/mol.